The number of rotatable bonds is 5. The third-order valence-electron chi connectivity index (χ3n) is 3.77. The first-order valence-electron chi connectivity index (χ1n) is 7.50. The molecule has 0 aromatic carbocycles. The molecular formula is C16H22N6. The monoisotopic (exact) mass is 298 g/mol. The zero-order valence-electron chi connectivity index (χ0n) is 13.1. The number of fused-ring (bicyclic) bond motifs is 1. The van der Waals surface area contributed by atoms with Crippen molar-refractivity contribution in [1.82, 2.24) is 19.8 Å². The lowest BCUT2D eigenvalue weighted by Gasteiger charge is -2.18. The third kappa shape index (κ3) is 3.12. The summed E-state index contributed by atoms with van der Waals surface area (Å²) in [7, 11) is 4.16. The summed E-state index contributed by atoms with van der Waals surface area (Å²) in [5.41, 5.74) is 9.02. The summed E-state index contributed by atoms with van der Waals surface area (Å²) in [4.78, 5) is 16.3. The second-order valence-corrected chi connectivity index (χ2v) is 5.83. The average molecular weight is 298 g/mol. The molecule has 3 heterocycles. The highest BCUT2D eigenvalue weighted by Crippen LogP contribution is 2.21. The number of H-pyrrole nitrogens is 1. The summed E-state index contributed by atoms with van der Waals surface area (Å²) in [5.74, 6) is 0.614. The SMILES string of the molecule is CN(C)CCCN1C/C(=C/c2c[nH]c3ncccc23)N=C1N. The lowest BCUT2D eigenvalue weighted by molar-refractivity contribution is 0.362. The van der Waals surface area contributed by atoms with Crippen molar-refractivity contribution in [3.63, 3.8) is 0 Å². The molecule has 6 nitrogen and oxygen atoms in total. The number of nitrogens with two attached hydrogens (primary N) is 1. The lowest BCUT2D eigenvalue weighted by Crippen LogP contribution is -2.35. The highest BCUT2D eigenvalue weighted by atomic mass is 15.3. The number of hydrogen-bond donors (Lipinski definition) is 2. The Hall–Kier alpha value is -2.34. The Morgan fingerprint density at radius 2 is 2.32 bits per heavy atom. The average Bonchev–Trinajstić information content (AvgIpc) is 3.04. The van der Waals surface area contributed by atoms with Gasteiger partial charge in [0, 0.05) is 29.9 Å². The van der Waals surface area contributed by atoms with Crippen molar-refractivity contribution in [3.05, 3.63) is 35.8 Å². The van der Waals surface area contributed by atoms with Gasteiger partial charge in [-0.05, 0) is 45.3 Å². The van der Waals surface area contributed by atoms with Crippen molar-refractivity contribution < 1.29 is 0 Å². The lowest BCUT2D eigenvalue weighted by atomic mass is 10.2. The Balaban J connectivity index is 1.71. The molecule has 0 unspecified atom stereocenters. The molecule has 0 amide bonds. The first-order chi connectivity index (χ1) is 10.6. The van der Waals surface area contributed by atoms with Crippen molar-refractivity contribution in [3.8, 4) is 0 Å². The van der Waals surface area contributed by atoms with Crippen LogP contribution in [0.15, 0.2) is 35.2 Å². The molecule has 1 aliphatic heterocycles. The molecule has 1 aliphatic rings. The molecule has 2 aromatic rings. The molecule has 0 atom stereocenters. The largest absolute Gasteiger partial charge is 0.369 e. The molecule has 0 saturated heterocycles. The van der Waals surface area contributed by atoms with E-state index in [0.717, 1.165) is 48.3 Å². The predicted molar refractivity (Wildman–Crippen MR) is 90.4 cm³/mol. The van der Waals surface area contributed by atoms with Crippen LogP contribution in [0.25, 0.3) is 17.1 Å². The van der Waals surface area contributed by atoms with Crippen molar-refractivity contribution >= 4 is 23.1 Å². The summed E-state index contributed by atoms with van der Waals surface area (Å²) < 4.78 is 0. The fourth-order valence-corrected chi connectivity index (χ4v) is 2.66. The molecule has 2 aromatic heterocycles. The zero-order valence-corrected chi connectivity index (χ0v) is 13.1. The molecule has 0 bridgehead atoms. The highest BCUT2D eigenvalue weighted by molar-refractivity contribution is 5.88. The quantitative estimate of drug-likeness (QED) is 0.877. The van der Waals surface area contributed by atoms with Gasteiger partial charge in [0.15, 0.2) is 5.96 Å². The smallest absolute Gasteiger partial charge is 0.196 e. The molecule has 0 spiro atoms. The fourth-order valence-electron chi connectivity index (χ4n) is 2.66. The van der Waals surface area contributed by atoms with Gasteiger partial charge in [-0.3, -0.25) is 0 Å². The van der Waals surface area contributed by atoms with Gasteiger partial charge in [0.25, 0.3) is 0 Å². The van der Waals surface area contributed by atoms with Crippen molar-refractivity contribution in [2.75, 3.05) is 33.7 Å². The van der Waals surface area contributed by atoms with Gasteiger partial charge in [-0.25, -0.2) is 9.98 Å². The van der Waals surface area contributed by atoms with E-state index >= 15 is 0 Å². The number of nitrogens with one attached hydrogen (secondary N) is 1. The van der Waals surface area contributed by atoms with Crippen LogP contribution in [0.1, 0.15) is 12.0 Å². The van der Waals surface area contributed by atoms with E-state index in [-0.39, 0.29) is 0 Å². The van der Waals surface area contributed by atoms with Gasteiger partial charge < -0.3 is 20.5 Å². The number of aromatic amines is 1. The van der Waals surface area contributed by atoms with Crippen molar-refractivity contribution in [2.45, 2.75) is 6.42 Å². The number of aliphatic imine (C=N–C) groups is 1. The summed E-state index contributed by atoms with van der Waals surface area (Å²) in [6.07, 6.45) is 6.91. The van der Waals surface area contributed by atoms with Gasteiger partial charge in [-0.2, -0.15) is 0 Å². The normalized spacial score (nSPS) is 17.0. The van der Waals surface area contributed by atoms with Gasteiger partial charge in [-0.1, -0.05) is 0 Å². The maximum Gasteiger partial charge on any atom is 0.196 e. The Morgan fingerprint density at radius 3 is 3.14 bits per heavy atom. The van der Waals surface area contributed by atoms with Crippen LogP contribution >= 0.6 is 0 Å². The highest BCUT2D eigenvalue weighted by Gasteiger charge is 2.18. The van der Waals surface area contributed by atoms with E-state index in [1.54, 1.807) is 6.20 Å². The fraction of sp³-hybridized carbons (Fsp3) is 0.375. The maximum absolute atomic E-state index is 6.03. The van der Waals surface area contributed by atoms with Crippen LogP contribution in [0.4, 0.5) is 0 Å². The minimum Gasteiger partial charge on any atom is -0.369 e. The minimum absolute atomic E-state index is 0.614. The molecule has 3 N–H and O–H groups in total. The molecule has 0 radical (unpaired) electrons. The van der Waals surface area contributed by atoms with Gasteiger partial charge in [0.05, 0.1) is 12.2 Å². The Bertz CT molecular complexity index is 712. The summed E-state index contributed by atoms with van der Waals surface area (Å²) in [5, 5.41) is 1.11. The van der Waals surface area contributed by atoms with Crippen LogP contribution in [-0.4, -0.2) is 59.5 Å². The van der Waals surface area contributed by atoms with E-state index in [1.165, 1.54) is 0 Å². The predicted octanol–water partition coefficient (Wildman–Crippen LogP) is 1.49. The van der Waals surface area contributed by atoms with E-state index in [4.69, 9.17) is 5.73 Å². The third-order valence-corrected chi connectivity index (χ3v) is 3.77. The number of nitrogens with zero attached hydrogens (tertiary/aromatic N) is 4. The van der Waals surface area contributed by atoms with Crippen LogP contribution in [0.5, 0.6) is 0 Å². The molecule has 116 valence electrons. The van der Waals surface area contributed by atoms with E-state index in [1.807, 2.05) is 12.3 Å². The van der Waals surface area contributed by atoms with Crippen molar-refractivity contribution in [2.24, 2.45) is 10.7 Å². The Labute approximate surface area is 130 Å². The van der Waals surface area contributed by atoms with Crippen LogP contribution in [-0.2, 0) is 0 Å². The number of aromatic nitrogens is 2. The van der Waals surface area contributed by atoms with Gasteiger partial charge in [0.1, 0.15) is 5.65 Å². The first kappa shape index (κ1) is 14.6. The van der Waals surface area contributed by atoms with Gasteiger partial charge in [-0.15, -0.1) is 0 Å². The number of guanidine groups is 1. The molecule has 0 fully saturated rings. The Kier molecular flexibility index (Phi) is 4.11. The van der Waals surface area contributed by atoms with Crippen LogP contribution in [0.3, 0.4) is 0 Å². The van der Waals surface area contributed by atoms with Crippen LogP contribution in [0, 0.1) is 0 Å². The summed E-state index contributed by atoms with van der Waals surface area (Å²) in [6.45, 7) is 2.75. The summed E-state index contributed by atoms with van der Waals surface area (Å²) >= 11 is 0. The van der Waals surface area contributed by atoms with Gasteiger partial charge >= 0.3 is 0 Å². The molecule has 22 heavy (non-hydrogen) atoms. The minimum atomic E-state index is 0.614. The van der Waals surface area contributed by atoms with Gasteiger partial charge in [0.2, 0.25) is 0 Å². The van der Waals surface area contributed by atoms with E-state index in [9.17, 15) is 0 Å². The standard InChI is InChI=1S/C16H22N6/c1-21(2)7-4-8-22-11-13(20-16(22)17)9-12-10-19-15-14(12)5-3-6-18-15/h3,5-6,9-10H,4,7-8,11H2,1-2H3,(H2,17,20)(H,18,19)/b13-9-. The topological polar surface area (TPSA) is 73.5 Å². The molecule has 3 rings (SSSR count). The van der Waals surface area contributed by atoms with Crippen molar-refractivity contribution in [1.29, 1.82) is 0 Å². The second kappa shape index (κ2) is 6.19. The first-order valence-corrected chi connectivity index (χ1v) is 7.50. The molecule has 0 saturated carbocycles. The van der Waals surface area contributed by atoms with Crippen LogP contribution < -0.4 is 5.73 Å². The number of hydrogen-bond acceptors (Lipinski definition) is 5. The molecular weight excluding hydrogens is 276 g/mol. The van der Waals surface area contributed by atoms with E-state index in [2.05, 4.69) is 51.0 Å². The van der Waals surface area contributed by atoms with E-state index < -0.39 is 0 Å². The zero-order chi connectivity index (χ0) is 15.5. The number of pyridine rings is 1. The Morgan fingerprint density at radius 1 is 1.45 bits per heavy atom. The second-order valence-electron chi connectivity index (χ2n) is 5.83. The summed E-state index contributed by atoms with van der Waals surface area (Å²) in [6, 6.07) is 4.00. The maximum atomic E-state index is 6.03. The molecule has 0 aliphatic carbocycles. The van der Waals surface area contributed by atoms with Crippen LogP contribution in [0.2, 0.25) is 0 Å². The van der Waals surface area contributed by atoms with E-state index in [0.29, 0.717) is 5.96 Å². The molecule has 6 heteroatoms.